The molecular formula is C15H22N2O5S. The summed E-state index contributed by atoms with van der Waals surface area (Å²) in [6.07, 6.45) is 2.04. The highest BCUT2D eigenvalue weighted by molar-refractivity contribution is 7.89. The van der Waals surface area contributed by atoms with Crippen molar-refractivity contribution in [3.8, 4) is 0 Å². The molecule has 128 valence electrons. The molecule has 0 radical (unpaired) electrons. The second-order valence-corrected chi connectivity index (χ2v) is 7.03. The molecule has 2 rings (SSSR count). The largest absolute Gasteiger partial charge is 0.383 e. The van der Waals surface area contributed by atoms with Crippen LogP contribution in [0.25, 0.3) is 0 Å². The van der Waals surface area contributed by atoms with Crippen LogP contribution in [0.4, 0.5) is 0 Å². The zero-order valence-electron chi connectivity index (χ0n) is 13.1. The Labute approximate surface area is 136 Å². The third kappa shape index (κ3) is 5.28. The Kier molecular flexibility index (Phi) is 6.52. The summed E-state index contributed by atoms with van der Waals surface area (Å²) in [5.74, 6) is -0.239. The summed E-state index contributed by atoms with van der Waals surface area (Å²) in [6.45, 7) is 1.70. The van der Waals surface area contributed by atoms with Gasteiger partial charge in [0.25, 0.3) is 5.91 Å². The van der Waals surface area contributed by atoms with E-state index >= 15 is 0 Å². The van der Waals surface area contributed by atoms with E-state index < -0.39 is 10.0 Å². The Balaban J connectivity index is 1.91. The van der Waals surface area contributed by atoms with Crippen molar-refractivity contribution in [1.82, 2.24) is 10.0 Å². The molecule has 23 heavy (non-hydrogen) atoms. The van der Waals surface area contributed by atoms with Crippen LogP contribution in [0.3, 0.4) is 0 Å². The molecule has 0 spiro atoms. The summed E-state index contributed by atoms with van der Waals surface area (Å²) in [5.41, 5.74) is 0.416. The lowest BCUT2D eigenvalue weighted by atomic mass is 10.2. The number of carbonyl (C=O) groups is 1. The van der Waals surface area contributed by atoms with Crippen LogP contribution in [-0.4, -0.2) is 53.8 Å². The number of rotatable bonds is 8. The Hall–Kier alpha value is -1.48. The maximum atomic E-state index is 12.0. The van der Waals surface area contributed by atoms with Gasteiger partial charge in [0, 0.05) is 32.4 Å². The molecule has 1 aliphatic rings. The maximum absolute atomic E-state index is 12.0. The lowest BCUT2D eigenvalue weighted by molar-refractivity contribution is 0.0857. The molecule has 1 unspecified atom stereocenters. The van der Waals surface area contributed by atoms with Gasteiger partial charge in [0.05, 0.1) is 17.6 Å². The summed E-state index contributed by atoms with van der Waals surface area (Å²) in [4.78, 5) is 12.1. The van der Waals surface area contributed by atoms with Crippen LogP contribution in [0, 0.1) is 0 Å². The summed E-state index contributed by atoms with van der Waals surface area (Å²) in [5, 5.41) is 2.80. The van der Waals surface area contributed by atoms with E-state index in [1.807, 2.05) is 0 Å². The zero-order chi connectivity index (χ0) is 16.7. The van der Waals surface area contributed by atoms with E-state index in [2.05, 4.69) is 10.0 Å². The summed E-state index contributed by atoms with van der Waals surface area (Å²) in [7, 11) is -2.08. The number of hydrogen-bond donors (Lipinski definition) is 2. The van der Waals surface area contributed by atoms with Crippen LogP contribution < -0.4 is 10.0 Å². The smallest absolute Gasteiger partial charge is 0.251 e. The van der Waals surface area contributed by atoms with Gasteiger partial charge in [-0.15, -0.1) is 0 Å². The Bertz CT molecular complexity index is 609. The Morgan fingerprint density at radius 1 is 1.35 bits per heavy atom. The Morgan fingerprint density at radius 2 is 2.09 bits per heavy atom. The number of benzene rings is 1. The second kappa shape index (κ2) is 8.39. The fraction of sp³-hybridized carbons (Fsp3) is 0.533. The average Bonchev–Trinajstić information content (AvgIpc) is 3.06. The van der Waals surface area contributed by atoms with Crippen LogP contribution in [0.5, 0.6) is 0 Å². The monoisotopic (exact) mass is 342 g/mol. The van der Waals surface area contributed by atoms with Crippen molar-refractivity contribution < 1.29 is 22.7 Å². The van der Waals surface area contributed by atoms with Gasteiger partial charge in [0.1, 0.15) is 0 Å². The number of nitrogens with one attached hydrogen (secondary N) is 2. The molecule has 1 fully saturated rings. The SMILES string of the molecule is COCCNS(=O)(=O)c1ccc(C(=O)NCC2CCCO2)cc1. The second-order valence-electron chi connectivity index (χ2n) is 5.26. The fourth-order valence-corrected chi connectivity index (χ4v) is 3.27. The minimum absolute atomic E-state index is 0.0728. The van der Waals surface area contributed by atoms with Gasteiger partial charge in [-0.25, -0.2) is 13.1 Å². The quantitative estimate of drug-likeness (QED) is 0.672. The number of ether oxygens (including phenoxy) is 2. The fourth-order valence-electron chi connectivity index (χ4n) is 2.26. The van der Waals surface area contributed by atoms with Crippen molar-refractivity contribution in [1.29, 1.82) is 0 Å². The predicted octanol–water partition coefficient (Wildman–Crippen LogP) is 0.520. The number of amides is 1. The first-order valence-corrected chi connectivity index (χ1v) is 9.00. The predicted molar refractivity (Wildman–Crippen MR) is 84.8 cm³/mol. The third-order valence-corrected chi connectivity index (χ3v) is 5.02. The minimum Gasteiger partial charge on any atom is -0.383 e. The van der Waals surface area contributed by atoms with Gasteiger partial charge in [-0.2, -0.15) is 0 Å². The molecule has 2 N–H and O–H groups in total. The normalized spacial score (nSPS) is 18.0. The minimum atomic E-state index is -3.58. The number of sulfonamides is 1. The van der Waals surface area contributed by atoms with Crippen molar-refractivity contribution >= 4 is 15.9 Å². The van der Waals surface area contributed by atoms with E-state index in [4.69, 9.17) is 9.47 Å². The molecule has 7 nitrogen and oxygen atoms in total. The number of carbonyl (C=O) groups excluding carboxylic acids is 1. The van der Waals surface area contributed by atoms with Crippen LogP contribution in [0.15, 0.2) is 29.2 Å². The molecule has 1 aliphatic heterocycles. The van der Waals surface area contributed by atoms with E-state index in [1.165, 1.54) is 31.4 Å². The number of methoxy groups -OCH3 is 1. The van der Waals surface area contributed by atoms with Gasteiger partial charge in [0.15, 0.2) is 0 Å². The molecule has 0 aromatic heterocycles. The summed E-state index contributed by atoms with van der Waals surface area (Å²) >= 11 is 0. The molecule has 8 heteroatoms. The molecule has 0 saturated carbocycles. The highest BCUT2D eigenvalue weighted by atomic mass is 32.2. The standard InChI is InChI=1S/C15H22N2O5S/c1-21-10-8-17-23(19,20)14-6-4-12(5-7-14)15(18)16-11-13-3-2-9-22-13/h4-7,13,17H,2-3,8-11H2,1H3,(H,16,18). The van der Waals surface area contributed by atoms with Crippen molar-refractivity contribution in [3.05, 3.63) is 29.8 Å². The first kappa shape index (κ1) is 17.9. The first-order valence-electron chi connectivity index (χ1n) is 7.51. The molecule has 1 atom stereocenters. The van der Waals surface area contributed by atoms with Crippen molar-refractivity contribution in [3.63, 3.8) is 0 Å². The molecule has 0 bridgehead atoms. The summed E-state index contributed by atoms with van der Waals surface area (Å²) < 4.78 is 36.7. The van der Waals surface area contributed by atoms with Crippen LogP contribution in [0.1, 0.15) is 23.2 Å². The van der Waals surface area contributed by atoms with Gasteiger partial charge >= 0.3 is 0 Å². The number of hydrogen-bond acceptors (Lipinski definition) is 5. The summed E-state index contributed by atoms with van der Waals surface area (Å²) in [6, 6.07) is 5.82. The van der Waals surface area contributed by atoms with Crippen LogP contribution in [0.2, 0.25) is 0 Å². The maximum Gasteiger partial charge on any atom is 0.251 e. The zero-order valence-corrected chi connectivity index (χ0v) is 13.9. The lowest BCUT2D eigenvalue weighted by Gasteiger charge is -2.11. The van der Waals surface area contributed by atoms with Gasteiger partial charge < -0.3 is 14.8 Å². The van der Waals surface area contributed by atoms with Crippen molar-refractivity contribution in [2.45, 2.75) is 23.8 Å². The average molecular weight is 342 g/mol. The molecule has 1 amide bonds. The van der Waals surface area contributed by atoms with E-state index in [1.54, 1.807) is 0 Å². The van der Waals surface area contributed by atoms with E-state index in [9.17, 15) is 13.2 Å². The van der Waals surface area contributed by atoms with Gasteiger partial charge in [-0.05, 0) is 37.1 Å². The highest BCUT2D eigenvalue weighted by Gasteiger charge is 2.17. The highest BCUT2D eigenvalue weighted by Crippen LogP contribution is 2.12. The van der Waals surface area contributed by atoms with E-state index in [0.717, 1.165) is 19.4 Å². The lowest BCUT2D eigenvalue weighted by Crippen LogP contribution is -2.31. The van der Waals surface area contributed by atoms with Crippen LogP contribution in [-0.2, 0) is 19.5 Å². The van der Waals surface area contributed by atoms with Crippen LogP contribution >= 0.6 is 0 Å². The molecule has 0 aliphatic carbocycles. The Morgan fingerprint density at radius 3 is 2.70 bits per heavy atom. The van der Waals surface area contributed by atoms with Gasteiger partial charge in [-0.3, -0.25) is 4.79 Å². The van der Waals surface area contributed by atoms with Gasteiger partial charge in [0.2, 0.25) is 10.0 Å². The van der Waals surface area contributed by atoms with E-state index in [0.29, 0.717) is 18.7 Å². The molecule has 1 aromatic rings. The molecule has 1 saturated heterocycles. The van der Waals surface area contributed by atoms with Crippen molar-refractivity contribution in [2.75, 3.05) is 33.4 Å². The molecular weight excluding hydrogens is 320 g/mol. The molecule has 1 aromatic carbocycles. The third-order valence-electron chi connectivity index (χ3n) is 3.54. The van der Waals surface area contributed by atoms with Crippen molar-refractivity contribution in [2.24, 2.45) is 0 Å². The molecule has 1 heterocycles. The first-order chi connectivity index (χ1) is 11.0. The van der Waals surface area contributed by atoms with Gasteiger partial charge in [-0.1, -0.05) is 0 Å². The van der Waals surface area contributed by atoms with E-state index in [-0.39, 0.29) is 23.5 Å². The topological polar surface area (TPSA) is 93.7 Å².